The highest BCUT2D eigenvalue weighted by molar-refractivity contribution is 6.35. The third-order valence-corrected chi connectivity index (χ3v) is 4.44. The minimum absolute atomic E-state index is 0.104. The fourth-order valence-electron chi connectivity index (χ4n) is 2.94. The lowest BCUT2D eigenvalue weighted by atomic mass is 10.1. The quantitative estimate of drug-likeness (QED) is 0.811. The minimum atomic E-state index is -0.586. The van der Waals surface area contributed by atoms with Crippen molar-refractivity contribution >= 4 is 17.9 Å². The number of carbonyl (C=O) groups is 3. The van der Waals surface area contributed by atoms with Crippen LogP contribution >= 0.6 is 0 Å². The van der Waals surface area contributed by atoms with Crippen molar-refractivity contribution in [2.75, 3.05) is 26.2 Å². The predicted octanol–water partition coefficient (Wildman–Crippen LogP) is 1.77. The number of benzene rings is 1. The molecule has 0 unspecified atom stereocenters. The molecule has 1 saturated heterocycles. The largest absolute Gasteiger partial charge is 0.450 e. The highest BCUT2D eigenvalue weighted by atomic mass is 16.6. The van der Waals surface area contributed by atoms with Crippen LogP contribution in [0.5, 0.6) is 0 Å². The van der Waals surface area contributed by atoms with Crippen LogP contribution in [0.25, 0.3) is 0 Å². The molecule has 0 bridgehead atoms. The Morgan fingerprint density at radius 2 is 1.81 bits per heavy atom. The van der Waals surface area contributed by atoms with E-state index in [0.29, 0.717) is 45.6 Å². The van der Waals surface area contributed by atoms with Crippen molar-refractivity contribution in [2.24, 2.45) is 0 Å². The molecule has 1 aliphatic heterocycles. The lowest BCUT2D eigenvalue weighted by Crippen LogP contribution is -2.50. The van der Waals surface area contributed by atoms with Crippen LogP contribution in [0.4, 0.5) is 4.79 Å². The third kappa shape index (κ3) is 5.47. The summed E-state index contributed by atoms with van der Waals surface area (Å²) in [6.07, 6.45) is 0.902. The maximum Gasteiger partial charge on any atom is 0.409 e. The molecular formula is C19H27N3O4. The SMILES string of the molecule is CCOC(=O)N1CCC(NC(=O)C(=O)N(CC)Cc2ccccc2)CC1. The topological polar surface area (TPSA) is 79.0 Å². The molecule has 0 saturated carbocycles. The normalized spacial score (nSPS) is 14.6. The van der Waals surface area contributed by atoms with Gasteiger partial charge in [0.15, 0.2) is 0 Å². The number of rotatable bonds is 5. The van der Waals surface area contributed by atoms with E-state index in [1.54, 1.807) is 11.8 Å². The van der Waals surface area contributed by atoms with Gasteiger partial charge in [-0.2, -0.15) is 0 Å². The van der Waals surface area contributed by atoms with E-state index in [4.69, 9.17) is 4.74 Å². The van der Waals surface area contributed by atoms with Crippen LogP contribution in [0.1, 0.15) is 32.3 Å². The van der Waals surface area contributed by atoms with E-state index in [-0.39, 0.29) is 12.1 Å². The maximum absolute atomic E-state index is 12.4. The van der Waals surface area contributed by atoms with E-state index < -0.39 is 11.8 Å². The highest BCUT2D eigenvalue weighted by Crippen LogP contribution is 2.12. The molecule has 1 aliphatic rings. The molecule has 2 rings (SSSR count). The van der Waals surface area contributed by atoms with Crippen LogP contribution in [-0.2, 0) is 20.9 Å². The monoisotopic (exact) mass is 361 g/mol. The number of ether oxygens (including phenoxy) is 1. The van der Waals surface area contributed by atoms with Gasteiger partial charge in [-0.1, -0.05) is 30.3 Å². The van der Waals surface area contributed by atoms with Gasteiger partial charge < -0.3 is 19.9 Å². The maximum atomic E-state index is 12.4. The average Bonchev–Trinajstić information content (AvgIpc) is 2.67. The summed E-state index contributed by atoms with van der Waals surface area (Å²) in [7, 11) is 0. The van der Waals surface area contributed by atoms with E-state index in [1.165, 1.54) is 4.90 Å². The van der Waals surface area contributed by atoms with Crippen LogP contribution in [0, 0.1) is 0 Å². The van der Waals surface area contributed by atoms with Gasteiger partial charge in [0.2, 0.25) is 0 Å². The second-order valence-electron chi connectivity index (χ2n) is 6.24. The Kier molecular flexibility index (Phi) is 7.44. The summed E-state index contributed by atoms with van der Waals surface area (Å²) in [5.74, 6) is -1.11. The average molecular weight is 361 g/mol. The molecule has 1 N–H and O–H groups in total. The number of amides is 3. The zero-order valence-electron chi connectivity index (χ0n) is 15.4. The third-order valence-electron chi connectivity index (χ3n) is 4.44. The van der Waals surface area contributed by atoms with E-state index in [0.717, 1.165) is 5.56 Å². The van der Waals surface area contributed by atoms with E-state index >= 15 is 0 Å². The van der Waals surface area contributed by atoms with Crippen molar-refractivity contribution in [2.45, 2.75) is 39.3 Å². The number of piperidine rings is 1. The van der Waals surface area contributed by atoms with Crippen molar-refractivity contribution in [1.82, 2.24) is 15.1 Å². The van der Waals surface area contributed by atoms with Crippen molar-refractivity contribution in [3.63, 3.8) is 0 Å². The summed E-state index contributed by atoms with van der Waals surface area (Å²) < 4.78 is 4.98. The van der Waals surface area contributed by atoms with Crippen LogP contribution in [0.2, 0.25) is 0 Å². The van der Waals surface area contributed by atoms with Gasteiger partial charge in [-0.25, -0.2) is 4.79 Å². The molecule has 1 aromatic carbocycles. The van der Waals surface area contributed by atoms with Crippen LogP contribution < -0.4 is 5.32 Å². The summed E-state index contributed by atoms with van der Waals surface area (Å²) in [5.41, 5.74) is 0.984. The molecule has 1 fully saturated rings. The van der Waals surface area contributed by atoms with E-state index in [2.05, 4.69) is 5.32 Å². The first kappa shape index (κ1) is 19.8. The minimum Gasteiger partial charge on any atom is -0.450 e. The van der Waals surface area contributed by atoms with Gasteiger partial charge in [-0.05, 0) is 32.3 Å². The summed E-state index contributed by atoms with van der Waals surface area (Å²) in [6.45, 7) is 5.86. The van der Waals surface area contributed by atoms with Crippen LogP contribution in [-0.4, -0.2) is 60.0 Å². The molecule has 26 heavy (non-hydrogen) atoms. The Bertz CT molecular complexity index is 612. The van der Waals surface area contributed by atoms with Gasteiger partial charge in [0.25, 0.3) is 0 Å². The summed E-state index contributed by atoms with van der Waals surface area (Å²) >= 11 is 0. The van der Waals surface area contributed by atoms with Gasteiger partial charge >= 0.3 is 17.9 Å². The molecule has 3 amide bonds. The molecular weight excluding hydrogens is 334 g/mol. The lowest BCUT2D eigenvalue weighted by Gasteiger charge is -2.31. The van der Waals surface area contributed by atoms with E-state index in [9.17, 15) is 14.4 Å². The van der Waals surface area contributed by atoms with Crippen molar-refractivity contribution in [3.05, 3.63) is 35.9 Å². The molecule has 0 spiro atoms. The number of nitrogens with zero attached hydrogens (tertiary/aromatic N) is 2. The van der Waals surface area contributed by atoms with Crippen LogP contribution in [0.15, 0.2) is 30.3 Å². The molecule has 0 atom stereocenters. The Labute approximate surface area is 154 Å². The molecule has 142 valence electrons. The fraction of sp³-hybridized carbons (Fsp3) is 0.526. The van der Waals surface area contributed by atoms with Crippen LogP contribution in [0.3, 0.4) is 0 Å². The Balaban J connectivity index is 1.83. The second kappa shape index (κ2) is 9.79. The first-order chi connectivity index (χ1) is 12.5. The molecule has 0 aromatic heterocycles. The number of hydrogen-bond acceptors (Lipinski definition) is 4. The first-order valence-electron chi connectivity index (χ1n) is 9.10. The summed E-state index contributed by atoms with van der Waals surface area (Å²) in [4.78, 5) is 39.6. The number of likely N-dealkylation sites (N-methyl/N-ethyl adjacent to an activating group) is 1. The van der Waals surface area contributed by atoms with Gasteiger partial charge in [0, 0.05) is 32.2 Å². The first-order valence-corrected chi connectivity index (χ1v) is 9.10. The second-order valence-corrected chi connectivity index (χ2v) is 6.24. The van der Waals surface area contributed by atoms with Crippen molar-refractivity contribution in [1.29, 1.82) is 0 Å². The summed E-state index contributed by atoms with van der Waals surface area (Å²) in [6, 6.07) is 9.48. The van der Waals surface area contributed by atoms with E-state index in [1.807, 2.05) is 37.3 Å². The smallest absolute Gasteiger partial charge is 0.409 e. The number of likely N-dealkylation sites (tertiary alicyclic amines) is 1. The molecule has 1 heterocycles. The zero-order chi connectivity index (χ0) is 18.9. The number of nitrogens with one attached hydrogen (secondary N) is 1. The lowest BCUT2D eigenvalue weighted by molar-refractivity contribution is -0.146. The molecule has 7 heteroatoms. The predicted molar refractivity (Wildman–Crippen MR) is 97.3 cm³/mol. The van der Waals surface area contributed by atoms with Crippen molar-refractivity contribution < 1.29 is 19.1 Å². The zero-order valence-corrected chi connectivity index (χ0v) is 15.4. The number of carbonyl (C=O) groups excluding carboxylic acids is 3. The van der Waals surface area contributed by atoms with Gasteiger partial charge in [-0.15, -0.1) is 0 Å². The van der Waals surface area contributed by atoms with Gasteiger partial charge in [0.05, 0.1) is 6.61 Å². The molecule has 0 radical (unpaired) electrons. The highest BCUT2D eigenvalue weighted by Gasteiger charge is 2.28. The fourth-order valence-corrected chi connectivity index (χ4v) is 2.94. The Hall–Kier alpha value is -2.57. The standard InChI is InChI=1S/C19H27N3O4/c1-3-21(14-15-8-6-5-7-9-15)18(24)17(23)20-16-10-12-22(13-11-16)19(25)26-4-2/h5-9,16H,3-4,10-14H2,1-2H3,(H,20,23). The number of hydrogen-bond donors (Lipinski definition) is 1. The molecule has 7 nitrogen and oxygen atoms in total. The van der Waals surface area contributed by atoms with Gasteiger partial charge in [0.1, 0.15) is 0 Å². The summed E-state index contributed by atoms with van der Waals surface area (Å²) in [5, 5.41) is 2.80. The van der Waals surface area contributed by atoms with Gasteiger partial charge in [-0.3, -0.25) is 9.59 Å². The Morgan fingerprint density at radius 1 is 1.15 bits per heavy atom. The van der Waals surface area contributed by atoms with Crippen molar-refractivity contribution in [3.8, 4) is 0 Å². The molecule has 1 aromatic rings. The Morgan fingerprint density at radius 3 is 2.38 bits per heavy atom. The molecule has 0 aliphatic carbocycles.